The lowest BCUT2D eigenvalue weighted by molar-refractivity contribution is -0.177. The third kappa shape index (κ3) is 4.25. The van der Waals surface area contributed by atoms with Crippen LogP contribution in [0.4, 0.5) is 13.2 Å². The molecular formula is C29H23F3O. The lowest BCUT2D eigenvalue weighted by Crippen LogP contribution is -2.28. The molecule has 0 saturated heterocycles. The molecule has 0 aromatic heterocycles. The first-order valence-electron chi connectivity index (χ1n) is 11.1. The molecule has 1 aliphatic rings. The number of aromatic hydroxyl groups is 1. The largest absolute Gasteiger partial charge is 0.508 e. The van der Waals surface area contributed by atoms with Crippen LogP contribution < -0.4 is 0 Å². The number of hydrogen-bond donors (Lipinski definition) is 1. The molecule has 5 aromatic carbocycles. The Morgan fingerprint density at radius 3 is 2.12 bits per heavy atom. The minimum atomic E-state index is -4.09. The standard InChI is InChI=1S/C19H15F3.C10H8O/c20-19(21,22)14-7-10-16-13(11-14)6-9-17-15-4-2-1-3-12(15)5-8-18(16)17;11-10-6-5-8-3-1-2-4-9(8)7-10/h1-6,8-9,14H,7,10-11H2;1-7,11H. The van der Waals surface area contributed by atoms with Crippen LogP contribution in [-0.2, 0) is 12.8 Å². The second-order valence-corrected chi connectivity index (χ2v) is 8.60. The zero-order chi connectivity index (χ0) is 23.0. The summed E-state index contributed by atoms with van der Waals surface area (Å²) in [4.78, 5) is 0. The van der Waals surface area contributed by atoms with Crippen molar-refractivity contribution in [2.75, 3.05) is 0 Å². The van der Waals surface area contributed by atoms with Crippen molar-refractivity contribution in [1.82, 2.24) is 0 Å². The first-order chi connectivity index (χ1) is 15.9. The minimum Gasteiger partial charge on any atom is -0.508 e. The summed E-state index contributed by atoms with van der Waals surface area (Å²) in [6.07, 6.45) is -3.27. The molecule has 0 saturated carbocycles. The molecule has 0 heterocycles. The van der Waals surface area contributed by atoms with Crippen molar-refractivity contribution in [2.24, 2.45) is 5.92 Å². The van der Waals surface area contributed by atoms with Crippen molar-refractivity contribution in [2.45, 2.75) is 25.4 Å². The van der Waals surface area contributed by atoms with Crippen LogP contribution in [0.5, 0.6) is 5.75 Å². The quantitative estimate of drug-likeness (QED) is 0.239. The summed E-state index contributed by atoms with van der Waals surface area (Å²) >= 11 is 0. The van der Waals surface area contributed by atoms with Crippen molar-refractivity contribution in [3.05, 3.63) is 102 Å². The molecule has 0 spiro atoms. The van der Waals surface area contributed by atoms with E-state index >= 15 is 0 Å². The van der Waals surface area contributed by atoms with E-state index in [9.17, 15) is 13.2 Å². The maximum Gasteiger partial charge on any atom is 0.392 e. The first kappa shape index (κ1) is 21.3. The average Bonchev–Trinajstić information content (AvgIpc) is 2.83. The molecule has 33 heavy (non-hydrogen) atoms. The van der Waals surface area contributed by atoms with Crippen molar-refractivity contribution < 1.29 is 18.3 Å². The molecule has 0 radical (unpaired) electrons. The van der Waals surface area contributed by atoms with Gasteiger partial charge in [0.25, 0.3) is 0 Å². The van der Waals surface area contributed by atoms with E-state index < -0.39 is 12.1 Å². The molecule has 166 valence electrons. The Kier molecular flexibility index (Phi) is 5.45. The van der Waals surface area contributed by atoms with E-state index in [-0.39, 0.29) is 12.8 Å². The fourth-order valence-corrected chi connectivity index (χ4v) is 4.82. The Morgan fingerprint density at radius 2 is 1.33 bits per heavy atom. The number of halogens is 3. The summed E-state index contributed by atoms with van der Waals surface area (Å²) < 4.78 is 38.9. The summed E-state index contributed by atoms with van der Waals surface area (Å²) in [5.41, 5.74) is 1.96. The highest BCUT2D eigenvalue weighted by Gasteiger charge is 2.41. The van der Waals surface area contributed by atoms with Gasteiger partial charge in [0, 0.05) is 0 Å². The summed E-state index contributed by atoms with van der Waals surface area (Å²) in [5, 5.41) is 15.9. The van der Waals surface area contributed by atoms with Gasteiger partial charge in [-0.1, -0.05) is 78.9 Å². The fraction of sp³-hybridized carbons (Fsp3) is 0.172. The van der Waals surface area contributed by atoms with Gasteiger partial charge in [-0.3, -0.25) is 0 Å². The van der Waals surface area contributed by atoms with E-state index in [0.717, 1.165) is 32.7 Å². The molecule has 6 rings (SSSR count). The summed E-state index contributed by atoms with van der Waals surface area (Å²) in [7, 11) is 0. The van der Waals surface area contributed by atoms with E-state index in [1.54, 1.807) is 12.1 Å². The molecule has 1 unspecified atom stereocenters. The number of benzene rings is 5. The van der Waals surface area contributed by atoms with Crippen molar-refractivity contribution in [1.29, 1.82) is 0 Å². The molecular weight excluding hydrogens is 421 g/mol. The van der Waals surface area contributed by atoms with Crippen LogP contribution in [-0.4, -0.2) is 11.3 Å². The Bertz CT molecular complexity index is 1450. The third-order valence-electron chi connectivity index (χ3n) is 6.54. The maximum absolute atomic E-state index is 13.0. The van der Waals surface area contributed by atoms with Gasteiger partial charge in [0.1, 0.15) is 5.75 Å². The molecule has 1 aliphatic carbocycles. The lowest BCUT2D eigenvalue weighted by atomic mass is 9.81. The average molecular weight is 444 g/mol. The Hall–Kier alpha value is -3.53. The van der Waals surface area contributed by atoms with Crippen LogP contribution in [0.2, 0.25) is 0 Å². The predicted molar refractivity (Wildman–Crippen MR) is 129 cm³/mol. The van der Waals surface area contributed by atoms with Gasteiger partial charge >= 0.3 is 6.18 Å². The van der Waals surface area contributed by atoms with Crippen LogP contribution in [0, 0.1) is 5.92 Å². The Balaban J connectivity index is 0.000000174. The monoisotopic (exact) mass is 444 g/mol. The first-order valence-corrected chi connectivity index (χ1v) is 11.1. The van der Waals surface area contributed by atoms with Crippen molar-refractivity contribution >= 4 is 32.3 Å². The zero-order valence-corrected chi connectivity index (χ0v) is 17.9. The van der Waals surface area contributed by atoms with Gasteiger partial charge in [0.05, 0.1) is 5.92 Å². The van der Waals surface area contributed by atoms with Gasteiger partial charge in [-0.25, -0.2) is 0 Å². The topological polar surface area (TPSA) is 20.2 Å². The Morgan fingerprint density at radius 1 is 0.667 bits per heavy atom. The summed E-state index contributed by atoms with van der Waals surface area (Å²) in [5.74, 6) is -0.874. The van der Waals surface area contributed by atoms with Crippen LogP contribution in [0.25, 0.3) is 32.3 Å². The fourth-order valence-electron chi connectivity index (χ4n) is 4.82. The van der Waals surface area contributed by atoms with E-state index in [1.807, 2.05) is 54.6 Å². The van der Waals surface area contributed by atoms with Crippen LogP contribution in [0.1, 0.15) is 17.5 Å². The molecule has 0 amide bonds. The molecule has 0 fully saturated rings. The van der Waals surface area contributed by atoms with Crippen LogP contribution >= 0.6 is 0 Å². The Labute approximate surface area is 190 Å². The number of phenolic OH excluding ortho intramolecular Hbond substituents is 1. The predicted octanol–water partition coefficient (Wildman–Crippen LogP) is 8.21. The molecule has 5 aromatic rings. The van der Waals surface area contributed by atoms with Gasteiger partial charge in [-0.2, -0.15) is 13.2 Å². The van der Waals surface area contributed by atoms with Crippen LogP contribution in [0.15, 0.2) is 91.0 Å². The maximum atomic E-state index is 13.0. The number of phenols is 1. The highest BCUT2D eigenvalue weighted by Crippen LogP contribution is 2.40. The number of alkyl halides is 3. The highest BCUT2D eigenvalue weighted by molar-refractivity contribution is 6.08. The second-order valence-electron chi connectivity index (χ2n) is 8.60. The zero-order valence-electron chi connectivity index (χ0n) is 17.9. The molecule has 0 aliphatic heterocycles. The van der Waals surface area contributed by atoms with Crippen molar-refractivity contribution in [3.63, 3.8) is 0 Å². The number of aryl methyl sites for hydroxylation is 1. The SMILES string of the molecule is FC(F)(F)C1CCc2c(ccc3c2ccc2ccccc23)C1.Oc1ccc2ccccc2c1. The molecule has 1 atom stereocenters. The third-order valence-corrected chi connectivity index (χ3v) is 6.54. The smallest absolute Gasteiger partial charge is 0.392 e. The van der Waals surface area contributed by atoms with Crippen LogP contribution in [0.3, 0.4) is 0 Å². The van der Waals surface area contributed by atoms with Gasteiger partial charge in [0.15, 0.2) is 0 Å². The van der Waals surface area contributed by atoms with Gasteiger partial charge in [0.2, 0.25) is 0 Å². The molecule has 0 bridgehead atoms. The van der Waals surface area contributed by atoms with Gasteiger partial charge in [-0.15, -0.1) is 0 Å². The molecule has 1 nitrogen and oxygen atoms in total. The van der Waals surface area contributed by atoms with E-state index in [2.05, 4.69) is 24.3 Å². The minimum absolute atomic E-state index is 0.113. The van der Waals surface area contributed by atoms with E-state index in [4.69, 9.17) is 5.11 Å². The number of hydrogen-bond acceptors (Lipinski definition) is 1. The van der Waals surface area contributed by atoms with Crippen molar-refractivity contribution in [3.8, 4) is 5.75 Å². The molecule has 4 heteroatoms. The summed E-state index contributed by atoms with van der Waals surface area (Å²) in [6, 6.07) is 29.4. The van der Waals surface area contributed by atoms with E-state index in [1.165, 1.54) is 10.8 Å². The van der Waals surface area contributed by atoms with Gasteiger partial charge in [-0.05, 0) is 74.8 Å². The number of rotatable bonds is 0. The lowest BCUT2D eigenvalue weighted by Gasteiger charge is -2.27. The normalized spacial score (nSPS) is 15.8. The molecule has 1 N–H and O–H groups in total. The van der Waals surface area contributed by atoms with E-state index in [0.29, 0.717) is 12.2 Å². The summed E-state index contributed by atoms with van der Waals surface area (Å²) in [6.45, 7) is 0. The van der Waals surface area contributed by atoms with Gasteiger partial charge < -0.3 is 5.11 Å². The second kappa shape index (κ2) is 8.43. The highest BCUT2D eigenvalue weighted by atomic mass is 19.4. The number of fused-ring (bicyclic) bond motifs is 6.